The maximum absolute atomic E-state index is 12.2. The predicted molar refractivity (Wildman–Crippen MR) is 93.1 cm³/mol. The number of benzene rings is 1. The van der Waals surface area contributed by atoms with Crippen LogP contribution in [-0.4, -0.2) is 25.8 Å². The van der Waals surface area contributed by atoms with Crippen molar-refractivity contribution in [3.05, 3.63) is 59.8 Å². The molecule has 128 valence electrons. The lowest BCUT2D eigenvalue weighted by molar-refractivity contribution is -0.117. The molecule has 1 amide bonds. The van der Waals surface area contributed by atoms with E-state index < -0.39 is 0 Å². The van der Waals surface area contributed by atoms with Crippen molar-refractivity contribution in [1.82, 2.24) is 25.2 Å². The van der Waals surface area contributed by atoms with E-state index >= 15 is 0 Å². The number of amides is 1. The van der Waals surface area contributed by atoms with E-state index in [9.17, 15) is 4.79 Å². The standard InChI is InChI=1S/C18H19N5O2/c1-3-23-12-15(10-20-23)17-21-16(25-22-17)11-19-18(24)13(2)9-14-7-5-4-6-8-14/h4-10,12H,3,11H2,1-2H3,(H,19,24). The molecule has 0 bridgehead atoms. The molecule has 0 atom stereocenters. The Labute approximate surface area is 145 Å². The number of nitrogens with zero attached hydrogens (tertiary/aromatic N) is 4. The van der Waals surface area contributed by atoms with E-state index in [1.54, 1.807) is 17.8 Å². The molecule has 0 fully saturated rings. The van der Waals surface area contributed by atoms with Gasteiger partial charge in [0.1, 0.15) is 0 Å². The van der Waals surface area contributed by atoms with Gasteiger partial charge in [0.2, 0.25) is 17.6 Å². The minimum Gasteiger partial charge on any atom is -0.343 e. The fourth-order valence-corrected chi connectivity index (χ4v) is 2.26. The van der Waals surface area contributed by atoms with Crippen LogP contribution in [-0.2, 0) is 17.9 Å². The van der Waals surface area contributed by atoms with E-state index in [1.165, 1.54) is 0 Å². The Morgan fingerprint density at radius 3 is 2.84 bits per heavy atom. The number of hydrogen-bond donors (Lipinski definition) is 1. The first-order valence-electron chi connectivity index (χ1n) is 8.02. The minimum absolute atomic E-state index is 0.174. The van der Waals surface area contributed by atoms with Gasteiger partial charge in [0.25, 0.3) is 0 Å². The van der Waals surface area contributed by atoms with Gasteiger partial charge >= 0.3 is 0 Å². The van der Waals surface area contributed by atoms with E-state index in [0.29, 0.717) is 17.3 Å². The molecule has 2 heterocycles. The number of aryl methyl sites for hydroxylation is 1. The van der Waals surface area contributed by atoms with Crippen LogP contribution in [0, 0.1) is 0 Å². The third-order valence-corrected chi connectivity index (χ3v) is 3.62. The molecule has 2 aromatic heterocycles. The first-order valence-corrected chi connectivity index (χ1v) is 8.02. The predicted octanol–water partition coefficient (Wildman–Crippen LogP) is 2.67. The summed E-state index contributed by atoms with van der Waals surface area (Å²) in [5.74, 6) is 0.628. The lowest BCUT2D eigenvalue weighted by atomic mass is 10.1. The van der Waals surface area contributed by atoms with Crippen molar-refractivity contribution in [3.8, 4) is 11.4 Å². The van der Waals surface area contributed by atoms with Gasteiger partial charge < -0.3 is 9.84 Å². The third-order valence-electron chi connectivity index (χ3n) is 3.62. The van der Waals surface area contributed by atoms with Crippen LogP contribution in [0.15, 0.2) is 52.8 Å². The highest BCUT2D eigenvalue weighted by atomic mass is 16.5. The molecule has 1 aromatic carbocycles. The van der Waals surface area contributed by atoms with Crippen LogP contribution < -0.4 is 5.32 Å². The number of rotatable bonds is 6. The zero-order chi connectivity index (χ0) is 17.6. The van der Waals surface area contributed by atoms with Crippen LogP contribution in [0.5, 0.6) is 0 Å². The minimum atomic E-state index is -0.178. The fraction of sp³-hybridized carbons (Fsp3) is 0.222. The summed E-state index contributed by atoms with van der Waals surface area (Å²) in [7, 11) is 0. The highest BCUT2D eigenvalue weighted by Crippen LogP contribution is 2.14. The zero-order valence-electron chi connectivity index (χ0n) is 14.1. The van der Waals surface area contributed by atoms with Crippen LogP contribution in [0.25, 0.3) is 17.5 Å². The molecule has 0 saturated carbocycles. The first-order chi connectivity index (χ1) is 12.2. The van der Waals surface area contributed by atoms with Crippen molar-refractivity contribution in [3.63, 3.8) is 0 Å². The average molecular weight is 337 g/mol. The number of carbonyl (C=O) groups excluding carboxylic acids is 1. The molecule has 0 spiro atoms. The van der Waals surface area contributed by atoms with Gasteiger partial charge in [-0.05, 0) is 25.5 Å². The van der Waals surface area contributed by atoms with Gasteiger partial charge in [0.15, 0.2) is 0 Å². The summed E-state index contributed by atoms with van der Waals surface area (Å²) >= 11 is 0. The van der Waals surface area contributed by atoms with Gasteiger partial charge in [-0.25, -0.2) is 0 Å². The van der Waals surface area contributed by atoms with Crippen LogP contribution in [0.3, 0.4) is 0 Å². The molecule has 3 rings (SSSR count). The van der Waals surface area contributed by atoms with Crippen molar-refractivity contribution < 1.29 is 9.32 Å². The van der Waals surface area contributed by atoms with Crippen LogP contribution >= 0.6 is 0 Å². The Balaban J connectivity index is 1.60. The quantitative estimate of drug-likeness (QED) is 0.699. The highest BCUT2D eigenvalue weighted by molar-refractivity contribution is 5.97. The number of carbonyl (C=O) groups is 1. The fourth-order valence-electron chi connectivity index (χ4n) is 2.26. The molecule has 0 saturated heterocycles. The van der Waals surface area contributed by atoms with Crippen LogP contribution in [0.2, 0.25) is 0 Å². The molecular formula is C18H19N5O2. The molecule has 1 N–H and O–H groups in total. The maximum Gasteiger partial charge on any atom is 0.247 e. The Hall–Kier alpha value is -3.22. The summed E-state index contributed by atoms with van der Waals surface area (Å²) in [6, 6.07) is 9.68. The van der Waals surface area contributed by atoms with Crippen molar-refractivity contribution >= 4 is 12.0 Å². The van der Waals surface area contributed by atoms with Crippen molar-refractivity contribution in [1.29, 1.82) is 0 Å². The summed E-state index contributed by atoms with van der Waals surface area (Å²) in [6.45, 7) is 4.71. The van der Waals surface area contributed by atoms with Gasteiger partial charge in [0.05, 0.1) is 18.3 Å². The molecule has 0 unspecified atom stereocenters. The maximum atomic E-state index is 12.2. The lowest BCUT2D eigenvalue weighted by Crippen LogP contribution is -2.23. The molecule has 7 nitrogen and oxygen atoms in total. The highest BCUT2D eigenvalue weighted by Gasteiger charge is 2.12. The number of nitrogens with one attached hydrogen (secondary N) is 1. The zero-order valence-corrected chi connectivity index (χ0v) is 14.1. The van der Waals surface area contributed by atoms with E-state index in [0.717, 1.165) is 17.7 Å². The summed E-state index contributed by atoms with van der Waals surface area (Å²) in [5.41, 5.74) is 2.36. The Kier molecular flexibility index (Phi) is 5.03. The monoisotopic (exact) mass is 337 g/mol. The van der Waals surface area contributed by atoms with Crippen molar-refractivity contribution in [2.75, 3.05) is 0 Å². The number of aromatic nitrogens is 4. The van der Waals surface area contributed by atoms with E-state index in [4.69, 9.17) is 4.52 Å². The van der Waals surface area contributed by atoms with Crippen LogP contribution in [0.4, 0.5) is 0 Å². The average Bonchev–Trinajstić information content (AvgIpc) is 3.29. The van der Waals surface area contributed by atoms with E-state index in [1.807, 2.05) is 49.5 Å². The summed E-state index contributed by atoms with van der Waals surface area (Å²) in [5, 5.41) is 10.9. The van der Waals surface area contributed by atoms with Crippen LogP contribution in [0.1, 0.15) is 25.3 Å². The van der Waals surface area contributed by atoms with Gasteiger partial charge in [-0.1, -0.05) is 35.5 Å². The molecule has 3 aromatic rings. The smallest absolute Gasteiger partial charge is 0.247 e. The van der Waals surface area contributed by atoms with Crippen molar-refractivity contribution in [2.45, 2.75) is 26.9 Å². The second-order valence-electron chi connectivity index (χ2n) is 5.52. The molecule has 25 heavy (non-hydrogen) atoms. The molecule has 0 aliphatic rings. The normalized spacial score (nSPS) is 11.5. The van der Waals surface area contributed by atoms with Crippen molar-refractivity contribution in [2.24, 2.45) is 0 Å². The second kappa shape index (κ2) is 7.57. The molecule has 0 radical (unpaired) electrons. The largest absolute Gasteiger partial charge is 0.343 e. The van der Waals surface area contributed by atoms with Gasteiger partial charge in [-0.3, -0.25) is 9.48 Å². The van der Waals surface area contributed by atoms with Gasteiger partial charge in [-0.15, -0.1) is 0 Å². The van der Waals surface area contributed by atoms with Gasteiger partial charge in [0, 0.05) is 18.3 Å². The topological polar surface area (TPSA) is 85.8 Å². The second-order valence-corrected chi connectivity index (χ2v) is 5.52. The summed E-state index contributed by atoms with van der Waals surface area (Å²) < 4.78 is 6.96. The number of hydrogen-bond acceptors (Lipinski definition) is 5. The van der Waals surface area contributed by atoms with E-state index in [2.05, 4.69) is 20.6 Å². The summed E-state index contributed by atoms with van der Waals surface area (Å²) in [4.78, 5) is 16.4. The Bertz CT molecular complexity index is 880. The van der Waals surface area contributed by atoms with Gasteiger partial charge in [-0.2, -0.15) is 10.1 Å². The molecule has 0 aliphatic carbocycles. The lowest BCUT2D eigenvalue weighted by Gasteiger charge is -2.02. The Morgan fingerprint density at radius 2 is 2.12 bits per heavy atom. The van der Waals surface area contributed by atoms with E-state index in [-0.39, 0.29) is 12.5 Å². The third kappa shape index (κ3) is 4.20. The summed E-state index contributed by atoms with van der Waals surface area (Å²) in [6.07, 6.45) is 5.36. The molecule has 0 aliphatic heterocycles. The first kappa shape index (κ1) is 16.6. The molecule has 7 heteroatoms. The Morgan fingerprint density at radius 1 is 1.32 bits per heavy atom. The molecular weight excluding hydrogens is 318 g/mol. The SMILES string of the molecule is CCn1cc(-c2noc(CNC(=O)C(C)=Cc3ccccc3)n2)cn1.